The predicted octanol–water partition coefficient (Wildman–Crippen LogP) is 1.60. The standard InChI is InChI=1S/C8H10N2/c1-2-3-5-8-9-6-4-7-10-8/h2,4,6-7H,1,3,5H2. The van der Waals surface area contributed by atoms with E-state index in [-0.39, 0.29) is 0 Å². The molecule has 0 radical (unpaired) electrons. The van der Waals surface area contributed by atoms with Gasteiger partial charge in [0.2, 0.25) is 0 Å². The van der Waals surface area contributed by atoms with Crippen LogP contribution in [-0.2, 0) is 6.42 Å². The Hall–Kier alpha value is -1.18. The summed E-state index contributed by atoms with van der Waals surface area (Å²) in [7, 11) is 0. The van der Waals surface area contributed by atoms with E-state index in [1.165, 1.54) is 0 Å². The summed E-state index contributed by atoms with van der Waals surface area (Å²) in [4.78, 5) is 8.11. The molecule has 1 rings (SSSR count). The molecule has 0 aliphatic carbocycles. The van der Waals surface area contributed by atoms with Gasteiger partial charge in [0.1, 0.15) is 5.82 Å². The van der Waals surface area contributed by atoms with Crippen LogP contribution in [0.25, 0.3) is 0 Å². The zero-order valence-corrected chi connectivity index (χ0v) is 5.83. The quantitative estimate of drug-likeness (QED) is 0.587. The van der Waals surface area contributed by atoms with Crippen molar-refractivity contribution in [1.82, 2.24) is 9.97 Å². The van der Waals surface area contributed by atoms with Gasteiger partial charge in [-0.05, 0) is 12.5 Å². The van der Waals surface area contributed by atoms with Gasteiger partial charge in [-0.1, -0.05) is 6.08 Å². The third kappa shape index (κ3) is 1.97. The number of hydrogen-bond donors (Lipinski definition) is 0. The molecule has 1 aromatic rings. The molecular weight excluding hydrogens is 124 g/mol. The van der Waals surface area contributed by atoms with E-state index >= 15 is 0 Å². The normalized spacial score (nSPS) is 9.20. The molecule has 0 N–H and O–H groups in total. The second-order valence-corrected chi connectivity index (χ2v) is 1.99. The topological polar surface area (TPSA) is 25.8 Å². The molecule has 1 aromatic heterocycles. The van der Waals surface area contributed by atoms with E-state index in [0.717, 1.165) is 18.7 Å². The molecule has 1 heterocycles. The average Bonchev–Trinajstić information content (AvgIpc) is 2.03. The molecule has 0 unspecified atom stereocenters. The first-order chi connectivity index (χ1) is 4.93. The molecule has 2 heteroatoms. The molecule has 0 spiro atoms. The van der Waals surface area contributed by atoms with E-state index in [1.54, 1.807) is 12.4 Å². The molecule has 0 aliphatic rings. The lowest BCUT2D eigenvalue weighted by molar-refractivity contribution is 0.879. The minimum absolute atomic E-state index is 0.891. The van der Waals surface area contributed by atoms with Gasteiger partial charge >= 0.3 is 0 Å². The molecule has 52 valence electrons. The molecule has 0 bridgehead atoms. The van der Waals surface area contributed by atoms with Crippen molar-refractivity contribution in [3.63, 3.8) is 0 Å². The Morgan fingerprint density at radius 3 is 2.70 bits per heavy atom. The number of aryl methyl sites for hydroxylation is 1. The van der Waals surface area contributed by atoms with Crippen LogP contribution in [0.1, 0.15) is 12.2 Å². The highest BCUT2D eigenvalue weighted by Crippen LogP contribution is 1.93. The first-order valence-corrected chi connectivity index (χ1v) is 3.30. The van der Waals surface area contributed by atoms with Crippen molar-refractivity contribution in [3.8, 4) is 0 Å². The highest BCUT2D eigenvalue weighted by atomic mass is 14.8. The van der Waals surface area contributed by atoms with E-state index in [9.17, 15) is 0 Å². The number of allylic oxidation sites excluding steroid dienone is 1. The highest BCUT2D eigenvalue weighted by molar-refractivity contribution is 4.89. The molecule has 0 aromatic carbocycles. The zero-order chi connectivity index (χ0) is 7.23. The fraction of sp³-hybridized carbons (Fsp3) is 0.250. The molecule has 0 fully saturated rings. The summed E-state index contributed by atoms with van der Waals surface area (Å²) in [6, 6.07) is 1.82. The van der Waals surface area contributed by atoms with E-state index in [4.69, 9.17) is 0 Å². The molecule has 0 amide bonds. The number of rotatable bonds is 3. The van der Waals surface area contributed by atoms with E-state index < -0.39 is 0 Å². The van der Waals surface area contributed by atoms with Crippen molar-refractivity contribution < 1.29 is 0 Å². The van der Waals surface area contributed by atoms with Crippen LogP contribution in [0.15, 0.2) is 31.1 Å². The summed E-state index contributed by atoms with van der Waals surface area (Å²) >= 11 is 0. The van der Waals surface area contributed by atoms with Gasteiger partial charge in [-0.3, -0.25) is 0 Å². The number of hydrogen-bond acceptors (Lipinski definition) is 2. The molecule has 0 saturated carbocycles. The highest BCUT2D eigenvalue weighted by Gasteiger charge is 1.89. The van der Waals surface area contributed by atoms with Crippen LogP contribution in [0, 0.1) is 0 Å². The van der Waals surface area contributed by atoms with Gasteiger partial charge < -0.3 is 0 Å². The first kappa shape index (κ1) is 6.93. The van der Waals surface area contributed by atoms with Crippen molar-refractivity contribution in [2.45, 2.75) is 12.8 Å². The third-order valence-electron chi connectivity index (χ3n) is 1.19. The maximum atomic E-state index is 4.06. The zero-order valence-electron chi connectivity index (χ0n) is 5.83. The number of aromatic nitrogens is 2. The maximum absolute atomic E-state index is 4.06. The Morgan fingerprint density at radius 1 is 1.40 bits per heavy atom. The summed E-state index contributed by atoms with van der Waals surface area (Å²) in [5, 5.41) is 0. The van der Waals surface area contributed by atoms with Crippen LogP contribution in [-0.4, -0.2) is 9.97 Å². The van der Waals surface area contributed by atoms with Gasteiger partial charge in [-0.25, -0.2) is 9.97 Å². The first-order valence-electron chi connectivity index (χ1n) is 3.30. The Balaban J connectivity index is 2.50. The summed E-state index contributed by atoms with van der Waals surface area (Å²) in [5.41, 5.74) is 0. The molecule has 0 saturated heterocycles. The largest absolute Gasteiger partial charge is 0.241 e. The Morgan fingerprint density at radius 2 is 2.10 bits per heavy atom. The minimum Gasteiger partial charge on any atom is -0.241 e. The van der Waals surface area contributed by atoms with Gasteiger partial charge in [0.05, 0.1) is 0 Å². The van der Waals surface area contributed by atoms with Crippen LogP contribution in [0.2, 0.25) is 0 Å². The second-order valence-electron chi connectivity index (χ2n) is 1.99. The van der Waals surface area contributed by atoms with Crippen molar-refractivity contribution in [2.24, 2.45) is 0 Å². The third-order valence-corrected chi connectivity index (χ3v) is 1.19. The van der Waals surface area contributed by atoms with Crippen molar-refractivity contribution in [2.75, 3.05) is 0 Å². The number of nitrogens with zero attached hydrogens (tertiary/aromatic N) is 2. The van der Waals surface area contributed by atoms with Crippen LogP contribution < -0.4 is 0 Å². The Labute approximate surface area is 60.6 Å². The monoisotopic (exact) mass is 134 g/mol. The van der Waals surface area contributed by atoms with Gasteiger partial charge in [0.15, 0.2) is 0 Å². The second kappa shape index (κ2) is 3.77. The van der Waals surface area contributed by atoms with Crippen molar-refractivity contribution >= 4 is 0 Å². The molecule has 0 aliphatic heterocycles. The lowest BCUT2D eigenvalue weighted by atomic mass is 10.3. The lowest BCUT2D eigenvalue weighted by Crippen LogP contribution is -1.90. The smallest absolute Gasteiger partial charge is 0.128 e. The average molecular weight is 134 g/mol. The van der Waals surface area contributed by atoms with Gasteiger partial charge in [0.25, 0.3) is 0 Å². The fourth-order valence-electron chi connectivity index (χ4n) is 0.690. The molecule has 10 heavy (non-hydrogen) atoms. The van der Waals surface area contributed by atoms with E-state index in [2.05, 4.69) is 16.5 Å². The van der Waals surface area contributed by atoms with Crippen molar-refractivity contribution in [3.05, 3.63) is 36.9 Å². The molecule has 2 nitrogen and oxygen atoms in total. The van der Waals surface area contributed by atoms with Crippen LogP contribution in [0.3, 0.4) is 0 Å². The summed E-state index contributed by atoms with van der Waals surface area (Å²) in [5.74, 6) is 0.891. The summed E-state index contributed by atoms with van der Waals surface area (Å²) in [6.45, 7) is 3.62. The van der Waals surface area contributed by atoms with Gasteiger partial charge in [-0.2, -0.15) is 0 Å². The lowest BCUT2D eigenvalue weighted by Gasteiger charge is -1.92. The van der Waals surface area contributed by atoms with Crippen LogP contribution >= 0.6 is 0 Å². The fourth-order valence-corrected chi connectivity index (χ4v) is 0.690. The Bertz CT molecular complexity index is 194. The maximum Gasteiger partial charge on any atom is 0.128 e. The summed E-state index contributed by atoms with van der Waals surface area (Å²) in [6.07, 6.45) is 7.22. The van der Waals surface area contributed by atoms with Crippen LogP contribution in [0.4, 0.5) is 0 Å². The van der Waals surface area contributed by atoms with Gasteiger partial charge in [0, 0.05) is 18.8 Å². The van der Waals surface area contributed by atoms with E-state index in [1.807, 2.05) is 12.1 Å². The van der Waals surface area contributed by atoms with E-state index in [0.29, 0.717) is 0 Å². The Kier molecular flexibility index (Phi) is 2.62. The van der Waals surface area contributed by atoms with Gasteiger partial charge in [-0.15, -0.1) is 6.58 Å². The van der Waals surface area contributed by atoms with Crippen LogP contribution in [0.5, 0.6) is 0 Å². The van der Waals surface area contributed by atoms with Crippen molar-refractivity contribution in [1.29, 1.82) is 0 Å². The predicted molar refractivity (Wildman–Crippen MR) is 40.6 cm³/mol. The summed E-state index contributed by atoms with van der Waals surface area (Å²) < 4.78 is 0. The minimum atomic E-state index is 0.891. The molecular formula is C8H10N2. The SMILES string of the molecule is C=CCCc1ncccn1. The molecule has 0 atom stereocenters.